The third kappa shape index (κ3) is 2.62. The summed E-state index contributed by atoms with van der Waals surface area (Å²) in [6.07, 6.45) is 1.35. The van der Waals surface area contributed by atoms with Gasteiger partial charge in [-0.15, -0.1) is 0 Å². The Morgan fingerprint density at radius 2 is 2.06 bits per heavy atom. The molecule has 0 atom stereocenters. The van der Waals surface area contributed by atoms with Crippen LogP contribution >= 0.6 is 11.6 Å². The molecule has 2 rings (SSSR count). The van der Waals surface area contributed by atoms with Crippen molar-refractivity contribution in [3.8, 4) is 0 Å². The van der Waals surface area contributed by atoms with Gasteiger partial charge < -0.3 is 10.0 Å². The molecule has 0 aliphatic carbocycles. The summed E-state index contributed by atoms with van der Waals surface area (Å²) in [5.74, 6) is 0. The van der Waals surface area contributed by atoms with Gasteiger partial charge in [0, 0.05) is 23.7 Å². The average Bonchev–Trinajstić information content (AvgIpc) is 2.34. The van der Waals surface area contributed by atoms with Gasteiger partial charge in [0.25, 0.3) is 0 Å². The maximum absolute atomic E-state index is 12.7. The number of hydrogen-bond donors (Lipinski definition) is 1. The Morgan fingerprint density at radius 1 is 1.41 bits per heavy atom. The highest BCUT2D eigenvalue weighted by Gasteiger charge is 2.33. The highest BCUT2D eigenvalue weighted by atomic mass is 35.5. The van der Waals surface area contributed by atoms with E-state index < -0.39 is 12.3 Å². The fraction of sp³-hybridized carbons (Fsp3) is 0.538. The summed E-state index contributed by atoms with van der Waals surface area (Å²) in [5.41, 5.74) is 0.403. The van der Waals surface area contributed by atoms with Crippen molar-refractivity contribution >= 4 is 11.6 Å². The normalized spacial score (nSPS) is 20.5. The summed E-state index contributed by atoms with van der Waals surface area (Å²) in [6.45, 7) is 1.11. The molecule has 1 aromatic rings. The second kappa shape index (κ2) is 4.92. The quantitative estimate of drug-likeness (QED) is 0.881. The van der Waals surface area contributed by atoms with Gasteiger partial charge in [0.15, 0.2) is 0 Å². The molecular weight excluding hydrogens is 241 g/mol. The molecule has 0 bridgehead atoms. The van der Waals surface area contributed by atoms with Gasteiger partial charge in [-0.2, -0.15) is 0 Å². The fourth-order valence-corrected chi connectivity index (χ4v) is 2.41. The molecule has 1 saturated heterocycles. The number of benzene rings is 1. The summed E-state index contributed by atoms with van der Waals surface area (Å²) in [4.78, 5) is 2.18. The van der Waals surface area contributed by atoms with Gasteiger partial charge in [0.1, 0.15) is 6.67 Å². The van der Waals surface area contributed by atoms with Crippen LogP contribution in [0.5, 0.6) is 0 Å². The van der Waals surface area contributed by atoms with Crippen LogP contribution in [0.3, 0.4) is 0 Å². The molecule has 1 aromatic carbocycles. The molecular formula is C13H17ClFNO. The molecule has 0 unspecified atom stereocenters. The number of aliphatic hydroxyl groups is 1. The predicted octanol–water partition coefficient (Wildman–Crippen LogP) is 2.72. The van der Waals surface area contributed by atoms with Gasteiger partial charge in [0.05, 0.1) is 5.60 Å². The maximum atomic E-state index is 12.7. The van der Waals surface area contributed by atoms with Crippen molar-refractivity contribution < 1.29 is 9.50 Å². The van der Waals surface area contributed by atoms with Crippen molar-refractivity contribution in [2.24, 2.45) is 0 Å². The number of hydrogen-bond acceptors (Lipinski definition) is 2. The van der Waals surface area contributed by atoms with Crippen molar-refractivity contribution in [1.29, 1.82) is 0 Å². The SMILES string of the molecule is CN1CCC(O)(c2ccc(Cl)c(CF)c2)CC1. The number of alkyl halides is 1. The predicted molar refractivity (Wildman–Crippen MR) is 66.9 cm³/mol. The van der Waals surface area contributed by atoms with Crippen LogP contribution in [0.4, 0.5) is 4.39 Å². The van der Waals surface area contributed by atoms with Gasteiger partial charge in [0.2, 0.25) is 0 Å². The number of rotatable bonds is 2. The summed E-state index contributed by atoms with van der Waals surface area (Å²) in [7, 11) is 2.04. The second-order valence-electron chi connectivity index (χ2n) is 4.77. The largest absolute Gasteiger partial charge is 0.385 e. The lowest BCUT2D eigenvalue weighted by molar-refractivity contribution is -0.0203. The fourth-order valence-electron chi connectivity index (χ4n) is 2.24. The van der Waals surface area contributed by atoms with Crippen LogP contribution < -0.4 is 0 Å². The number of halogens is 2. The molecule has 0 amide bonds. The molecule has 1 aliphatic rings. The molecule has 0 aromatic heterocycles. The second-order valence-corrected chi connectivity index (χ2v) is 5.18. The highest BCUT2D eigenvalue weighted by molar-refractivity contribution is 6.31. The van der Waals surface area contributed by atoms with E-state index in [0.29, 0.717) is 23.4 Å². The zero-order chi connectivity index (χ0) is 12.5. The first kappa shape index (κ1) is 12.8. The van der Waals surface area contributed by atoms with Gasteiger partial charge in [-0.3, -0.25) is 0 Å². The molecule has 0 spiro atoms. The summed E-state index contributed by atoms with van der Waals surface area (Å²) in [5, 5.41) is 11.0. The molecule has 1 N–H and O–H groups in total. The zero-order valence-corrected chi connectivity index (χ0v) is 10.7. The molecule has 94 valence electrons. The molecule has 0 saturated carbocycles. The Kier molecular flexibility index (Phi) is 3.71. The van der Waals surface area contributed by atoms with E-state index in [4.69, 9.17) is 11.6 Å². The molecule has 1 heterocycles. The third-order valence-electron chi connectivity index (χ3n) is 3.54. The van der Waals surface area contributed by atoms with Crippen LogP contribution in [0.15, 0.2) is 18.2 Å². The van der Waals surface area contributed by atoms with Gasteiger partial charge >= 0.3 is 0 Å². The Labute approximate surface area is 106 Å². The lowest BCUT2D eigenvalue weighted by Crippen LogP contribution is -2.40. The van der Waals surface area contributed by atoms with E-state index in [1.54, 1.807) is 18.2 Å². The van der Waals surface area contributed by atoms with Crippen LogP contribution in [0, 0.1) is 0 Å². The molecule has 1 aliphatic heterocycles. The van der Waals surface area contributed by atoms with Gasteiger partial charge in [-0.05, 0) is 37.6 Å². The van der Waals surface area contributed by atoms with E-state index in [0.717, 1.165) is 18.7 Å². The highest BCUT2D eigenvalue weighted by Crippen LogP contribution is 2.34. The first-order valence-electron chi connectivity index (χ1n) is 5.81. The maximum Gasteiger partial charge on any atom is 0.116 e. The van der Waals surface area contributed by atoms with Crippen LogP contribution in [-0.2, 0) is 12.3 Å². The smallest absolute Gasteiger partial charge is 0.116 e. The van der Waals surface area contributed by atoms with E-state index in [-0.39, 0.29) is 0 Å². The molecule has 1 fully saturated rings. The van der Waals surface area contributed by atoms with Crippen molar-refractivity contribution in [3.05, 3.63) is 34.3 Å². The van der Waals surface area contributed by atoms with Crippen molar-refractivity contribution in [2.75, 3.05) is 20.1 Å². The van der Waals surface area contributed by atoms with E-state index >= 15 is 0 Å². The van der Waals surface area contributed by atoms with Gasteiger partial charge in [-0.25, -0.2) is 4.39 Å². The molecule has 0 radical (unpaired) electrons. The first-order chi connectivity index (χ1) is 8.05. The number of piperidine rings is 1. The standard InChI is InChI=1S/C13H17ClFNO/c1-16-6-4-13(17,5-7-16)11-2-3-12(14)10(8-11)9-15/h2-3,8,17H,4-7,9H2,1H3. The van der Waals surface area contributed by atoms with E-state index in [2.05, 4.69) is 4.90 Å². The van der Waals surface area contributed by atoms with Crippen molar-refractivity contribution in [3.63, 3.8) is 0 Å². The topological polar surface area (TPSA) is 23.5 Å². The minimum Gasteiger partial charge on any atom is -0.385 e. The monoisotopic (exact) mass is 257 g/mol. The van der Waals surface area contributed by atoms with E-state index in [1.165, 1.54) is 0 Å². The van der Waals surface area contributed by atoms with Crippen LogP contribution in [0.2, 0.25) is 5.02 Å². The van der Waals surface area contributed by atoms with E-state index in [9.17, 15) is 9.50 Å². The molecule has 2 nitrogen and oxygen atoms in total. The average molecular weight is 258 g/mol. The molecule has 4 heteroatoms. The van der Waals surface area contributed by atoms with Crippen LogP contribution in [0.1, 0.15) is 24.0 Å². The van der Waals surface area contributed by atoms with Crippen LogP contribution in [-0.4, -0.2) is 30.1 Å². The number of likely N-dealkylation sites (tertiary alicyclic amines) is 1. The third-order valence-corrected chi connectivity index (χ3v) is 3.91. The summed E-state index contributed by atoms with van der Waals surface area (Å²) in [6, 6.07) is 5.16. The number of nitrogens with zero attached hydrogens (tertiary/aromatic N) is 1. The van der Waals surface area contributed by atoms with Crippen molar-refractivity contribution in [1.82, 2.24) is 4.90 Å². The minimum atomic E-state index is -0.832. The lowest BCUT2D eigenvalue weighted by atomic mass is 9.84. The Morgan fingerprint density at radius 3 is 2.65 bits per heavy atom. The summed E-state index contributed by atoms with van der Waals surface area (Å²) >= 11 is 5.87. The van der Waals surface area contributed by atoms with Crippen LogP contribution in [0.25, 0.3) is 0 Å². The Balaban J connectivity index is 2.27. The Bertz CT molecular complexity index is 402. The van der Waals surface area contributed by atoms with E-state index in [1.807, 2.05) is 7.05 Å². The molecule has 17 heavy (non-hydrogen) atoms. The van der Waals surface area contributed by atoms with Crippen molar-refractivity contribution in [2.45, 2.75) is 25.1 Å². The Hall–Kier alpha value is -0.640. The lowest BCUT2D eigenvalue weighted by Gasteiger charge is -2.37. The van der Waals surface area contributed by atoms with Gasteiger partial charge in [-0.1, -0.05) is 17.7 Å². The first-order valence-corrected chi connectivity index (χ1v) is 6.19. The summed E-state index contributed by atoms with van der Waals surface area (Å²) < 4.78 is 12.7. The minimum absolute atomic E-state index is 0.424. The zero-order valence-electron chi connectivity index (χ0n) is 9.92.